The fraction of sp³-hybridized carbons (Fsp3) is 0.0667. The maximum Gasteiger partial charge on any atom is 0.294 e. The molecule has 1 aromatic heterocycles. The lowest BCUT2D eigenvalue weighted by Crippen LogP contribution is -2.00. The van der Waals surface area contributed by atoms with E-state index in [1.54, 1.807) is 31.5 Å². The van der Waals surface area contributed by atoms with Crippen LogP contribution in [0.2, 0.25) is 0 Å². The summed E-state index contributed by atoms with van der Waals surface area (Å²) in [5, 5.41) is 19.1. The van der Waals surface area contributed by atoms with Gasteiger partial charge in [0.2, 0.25) is 0 Å². The highest BCUT2D eigenvalue weighted by molar-refractivity contribution is 5.60. The first kappa shape index (κ1) is 13.7. The van der Waals surface area contributed by atoms with Gasteiger partial charge in [-0.2, -0.15) is 0 Å². The zero-order valence-corrected chi connectivity index (χ0v) is 11.7. The topological polar surface area (TPSA) is 83.1 Å². The van der Waals surface area contributed by atoms with Crippen LogP contribution >= 0.6 is 0 Å². The lowest BCUT2D eigenvalue weighted by molar-refractivity contribution is -0.384. The second kappa shape index (κ2) is 5.65. The molecule has 0 aliphatic heterocycles. The minimum Gasteiger partial charge on any atom is -0.497 e. The minimum atomic E-state index is -0.440. The Morgan fingerprint density at radius 2 is 1.86 bits per heavy atom. The molecule has 0 spiro atoms. The first-order chi connectivity index (χ1) is 10.7. The van der Waals surface area contributed by atoms with Crippen LogP contribution in [0.1, 0.15) is 0 Å². The van der Waals surface area contributed by atoms with Gasteiger partial charge in [-0.15, -0.1) is 5.10 Å². The number of hydrogen-bond donors (Lipinski definition) is 0. The Morgan fingerprint density at radius 1 is 1.14 bits per heavy atom. The molecule has 22 heavy (non-hydrogen) atoms. The summed E-state index contributed by atoms with van der Waals surface area (Å²) in [6.45, 7) is 0. The lowest BCUT2D eigenvalue weighted by Gasteiger charge is -2.01. The van der Waals surface area contributed by atoms with Gasteiger partial charge in [-0.25, -0.2) is 4.68 Å². The second-order valence-corrected chi connectivity index (χ2v) is 4.52. The molecule has 0 N–H and O–H groups in total. The van der Waals surface area contributed by atoms with Gasteiger partial charge in [0.15, 0.2) is 0 Å². The van der Waals surface area contributed by atoms with Crippen LogP contribution in [0.3, 0.4) is 0 Å². The smallest absolute Gasteiger partial charge is 0.294 e. The van der Waals surface area contributed by atoms with E-state index >= 15 is 0 Å². The van der Waals surface area contributed by atoms with E-state index in [0.717, 1.165) is 11.3 Å². The Morgan fingerprint density at radius 3 is 2.55 bits per heavy atom. The number of benzene rings is 2. The van der Waals surface area contributed by atoms with Gasteiger partial charge in [-0.1, -0.05) is 17.3 Å². The number of para-hydroxylation sites is 2. The van der Waals surface area contributed by atoms with Crippen LogP contribution in [-0.4, -0.2) is 27.0 Å². The lowest BCUT2D eigenvalue weighted by atomic mass is 10.1. The second-order valence-electron chi connectivity index (χ2n) is 4.52. The molecule has 0 bridgehead atoms. The Kier molecular flexibility index (Phi) is 3.53. The molecule has 0 aliphatic carbocycles. The van der Waals surface area contributed by atoms with Crippen LogP contribution < -0.4 is 4.74 Å². The molecule has 3 rings (SSSR count). The normalized spacial score (nSPS) is 10.4. The monoisotopic (exact) mass is 296 g/mol. The number of methoxy groups -OCH3 is 1. The van der Waals surface area contributed by atoms with E-state index in [4.69, 9.17) is 4.74 Å². The van der Waals surface area contributed by atoms with E-state index in [-0.39, 0.29) is 5.69 Å². The molecular weight excluding hydrogens is 284 g/mol. The Balaban J connectivity index is 1.98. The van der Waals surface area contributed by atoms with Crippen molar-refractivity contribution in [2.24, 2.45) is 0 Å². The SMILES string of the molecule is COc1ccc(-c2cn(-c3ccccc3[N+](=O)[O-])nn2)cc1. The van der Waals surface area contributed by atoms with Crippen LogP contribution in [0, 0.1) is 10.1 Å². The average Bonchev–Trinajstić information content (AvgIpc) is 3.04. The number of rotatable bonds is 4. The van der Waals surface area contributed by atoms with Gasteiger partial charge in [-0.05, 0) is 30.3 Å². The Hall–Kier alpha value is -3.22. The first-order valence-corrected chi connectivity index (χ1v) is 6.49. The number of aromatic nitrogens is 3. The van der Waals surface area contributed by atoms with Crippen molar-refractivity contribution in [2.45, 2.75) is 0 Å². The fourth-order valence-electron chi connectivity index (χ4n) is 2.09. The molecule has 7 nitrogen and oxygen atoms in total. The van der Waals surface area contributed by atoms with Crippen molar-refractivity contribution in [3.63, 3.8) is 0 Å². The van der Waals surface area contributed by atoms with Crippen molar-refractivity contribution < 1.29 is 9.66 Å². The van der Waals surface area contributed by atoms with Crippen molar-refractivity contribution in [3.05, 3.63) is 64.8 Å². The molecule has 0 saturated carbocycles. The molecule has 2 aromatic carbocycles. The standard InChI is InChI=1S/C15H12N4O3/c1-22-12-8-6-11(7-9-12)13-10-18(17-16-13)14-4-2-3-5-15(14)19(20)21/h2-10H,1H3. The highest BCUT2D eigenvalue weighted by atomic mass is 16.6. The van der Waals surface area contributed by atoms with Gasteiger partial charge in [0.25, 0.3) is 5.69 Å². The Bertz CT molecular complexity index is 812. The van der Waals surface area contributed by atoms with Gasteiger partial charge in [0.1, 0.15) is 17.1 Å². The molecular formula is C15H12N4O3. The van der Waals surface area contributed by atoms with E-state index in [9.17, 15) is 10.1 Å². The number of nitro groups is 1. The molecule has 3 aromatic rings. The summed E-state index contributed by atoms with van der Waals surface area (Å²) in [7, 11) is 1.60. The molecule has 0 saturated heterocycles. The number of nitro benzene ring substituents is 1. The Labute approximate surface area is 125 Å². The van der Waals surface area contributed by atoms with E-state index in [0.29, 0.717) is 11.4 Å². The van der Waals surface area contributed by atoms with Crippen molar-refractivity contribution in [2.75, 3.05) is 7.11 Å². The quantitative estimate of drug-likeness (QED) is 0.546. The molecule has 7 heteroatoms. The number of hydrogen-bond acceptors (Lipinski definition) is 5. The summed E-state index contributed by atoms with van der Waals surface area (Å²) in [6, 6.07) is 13.7. The predicted octanol–water partition coefficient (Wildman–Crippen LogP) is 2.85. The fourth-order valence-corrected chi connectivity index (χ4v) is 2.09. The third-order valence-electron chi connectivity index (χ3n) is 3.20. The molecule has 0 amide bonds. The summed E-state index contributed by atoms with van der Waals surface area (Å²) < 4.78 is 6.51. The molecule has 1 heterocycles. The predicted molar refractivity (Wildman–Crippen MR) is 80.0 cm³/mol. The molecule has 110 valence electrons. The molecule has 0 unspecified atom stereocenters. The largest absolute Gasteiger partial charge is 0.497 e. The summed E-state index contributed by atoms with van der Waals surface area (Å²) in [5.74, 6) is 0.745. The van der Waals surface area contributed by atoms with Crippen molar-refractivity contribution in [3.8, 4) is 22.7 Å². The van der Waals surface area contributed by atoms with Crippen LogP contribution in [0.25, 0.3) is 16.9 Å². The highest BCUT2D eigenvalue weighted by Crippen LogP contribution is 2.24. The molecule has 0 fully saturated rings. The van der Waals surface area contributed by atoms with Crippen LogP contribution in [0.15, 0.2) is 54.7 Å². The molecule has 0 atom stereocenters. The molecule has 0 radical (unpaired) electrons. The maximum atomic E-state index is 11.1. The average molecular weight is 296 g/mol. The summed E-state index contributed by atoms with van der Waals surface area (Å²) in [4.78, 5) is 10.6. The zero-order valence-electron chi connectivity index (χ0n) is 11.7. The summed E-state index contributed by atoms with van der Waals surface area (Å²) >= 11 is 0. The minimum absolute atomic E-state index is 0.0197. The van der Waals surface area contributed by atoms with E-state index in [1.807, 2.05) is 24.3 Å². The number of nitrogens with zero attached hydrogens (tertiary/aromatic N) is 4. The van der Waals surface area contributed by atoms with Crippen LogP contribution in [0.5, 0.6) is 5.75 Å². The van der Waals surface area contributed by atoms with Crippen molar-refractivity contribution in [1.29, 1.82) is 0 Å². The van der Waals surface area contributed by atoms with Gasteiger partial charge in [0, 0.05) is 11.6 Å². The summed E-state index contributed by atoms with van der Waals surface area (Å²) in [6.07, 6.45) is 1.66. The number of ether oxygens (including phenoxy) is 1. The molecule has 0 aliphatic rings. The maximum absolute atomic E-state index is 11.1. The zero-order chi connectivity index (χ0) is 15.5. The third kappa shape index (κ3) is 2.51. The van der Waals surface area contributed by atoms with Crippen molar-refractivity contribution >= 4 is 5.69 Å². The van der Waals surface area contributed by atoms with E-state index in [2.05, 4.69) is 10.3 Å². The third-order valence-corrected chi connectivity index (χ3v) is 3.20. The summed E-state index contributed by atoms with van der Waals surface area (Å²) in [5.41, 5.74) is 1.83. The van der Waals surface area contributed by atoms with Crippen molar-refractivity contribution in [1.82, 2.24) is 15.0 Å². The van der Waals surface area contributed by atoms with Crippen LogP contribution in [-0.2, 0) is 0 Å². The van der Waals surface area contributed by atoms with E-state index < -0.39 is 4.92 Å². The van der Waals surface area contributed by atoms with Gasteiger partial charge >= 0.3 is 0 Å². The van der Waals surface area contributed by atoms with Gasteiger partial charge in [0.05, 0.1) is 18.2 Å². The highest BCUT2D eigenvalue weighted by Gasteiger charge is 2.16. The van der Waals surface area contributed by atoms with Gasteiger partial charge in [-0.3, -0.25) is 10.1 Å². The van der Waals surface area contributed by atoms with Gasteiger partial charge < -0.3 is 4.74 Å². The first-order valence-electron chi connectivity index (χ1n) is 6.49. The van der Waals surface area contributed by atoms with E-state index in [1.165, 1.54) is 10.7 Å². The van der Waals surface area contributed by atoms with Crippen LogP contribution in [0.4, 0.5) is 5.69 Å².